The number of aromatic nitrogens is 1. The van der Waals surface area contributed by atoms with Crippen molar-refractivity contribution in [3.05, 3.63) is 17.8 Å². The second-order valence-corrected chi connectivity index (χ2v) is 5.28. The molecule has 0 fully saturated rings. The third-order valence-corrected chi connectivity index (χ3v) is 3.57. The van der Waals surface area contributed by atoms with E-state index in [0.29, 0.717) is 12.8 Å². The summed E-state index contributed by atoms with van der Waals surface area (Å²) in [6.45, 7) is 1.89. The number of aliphatic imine (C=N–C) groups is 1. The first-order valence-corrected chi connectivity index (χ1v) is 7.31. The van der Waals surface area contributed by atoms with E-state index in [9.17, 15) is 18.0 Å². The SMILES string of the molecule is CCOC(=O)c1coc(CCC[C@@H]2N=C(N)C[C@@H]2C(F)(F)F)n1.Cl. The molecular weight excluding hydrogens is 351 g/mol. The van der Waals surface area contributed by atoms with Crippen LogP contribution in [-0.2, 0) is 11.2 Å². The number of aryl methyl sites for hydroxylation is 1. The van der Waals surface area contributed by atoms with Crippen molar-refractivity contribution in [3.8, 4) is 0 Å². The first-order valence-electron chi connectivity index (χ1n) is 7.31. The Morgan fingerprint density at radius 2 is 2.21 bits per heavy atom. The Labute approximate surface area is 143 Å². The molecule has 10 heteroatoms. The number of nitrogens with two attached hydrogens (primary N) is 1. The molecule has 136 valence electrons. The number of hydrogen-bond acceptors (Lipinski definition) is 6. The van der Waals surface area contributed by atoms with E-state index in [4.69, 9.17) is 14.9 Å². The highest BCUT2D eigenvalue weighted by Crippen LogP contribution is 2.37. The number of ether oxygens (including phenoxy) is 1. The Hall–Kier alpha value is -1.77. The number of oxazole rings is 1. The lowest BCUT2D eigenvalue weighted by Crippen LogP contribution is -2.30. The Morgan fingerprint density at radius 3 is 2.83 bits per heavy atom. The third-order valence-electron chi connectivity index (χ3n) is 3.57. The van der Waals surface area contributed by atoms with Crippen LogP contribution in [0, 0.1) is 5.92 Å². The zero-order chi connectivity index (χ0) is 17.0. The first-order chi connectivity index (χ1) is 10.8. The molecule has 0 aliphatic carbocycles. The van der Waals surface area contributed by atoms with E-state index in [0.717, 1.165) is 0 Å². The highest BCUT2D eigenvalue weighted by atomic mass is 35.5. The lowest BCUT2D eigenvalue weighted by molar-refractivity contribution is -0.176. The number of hydrogen-bond donors (Lipinski definition) is 1. The van der Waals surface area contributed by atoms with Gasteiger partial charge in [-0.05, 0) is 19.8 Å². The minimum Gasteiger partial charge on any atom is -0.461 e. The van der Waals surface area contributed by atoms with Gasteiger partial charge >= 0.3 is 12.1 Å². The summed E-state index contributed by atoms with van der Waals surface area (Å²) in [7, 11) is 0. The Bertz CT molecular complexity index is 589. The predicted molar refractivity (Wildman–Crippen MR) is 82.2 cm³/mol. The number of carbonyl (C=O) groups is 1. The molecule has 0 amide bonds. The minimum atomic E-state index is -4.31. The summed E-state index contributed by atoms with van der Waals surface area (Å²) in [6, 6.07) is -0.866. The van der Waals surface area contributed by atoms with Crippen molar-refractivity contribution in [2.75, 3.05) is 6.61 Å². The minimum absolute atomic E-state index is 0. The van der Waals surface area contributed by atoms with Gasteiger partial charge < -0.3 is 14.9 Å². The molecule has 1 aromatic rings. The molecule has 1 aliphatic rings. The standard InChI is InChI=1S/C14H18F3N3O3.ClH/c1-2-22-13(21)10-7-23-12(20-10)5-3-4-9-8(14(15,16)17)6-11(18)19-9;/h7-9H,2-6H2,1H3,(H2,18,19);1H/t8-,9-;/m0./s1. The summed E-state index contributed by atoms with van der Waals surface area (Å²) in [6.07, 6.45) is -2.44. The van der Waals surface area contributed by atoms with Gasteiger partial charge in [0.05, 0.1) is 24.4 Å². The zero-order valence-corrected chi connectivity index (χ0v) is 13.8. The Morgan fingerprint density at radius 1 is 1.50 bits per heavy atom. The molecule has 6 nitrogen and oxygen atoms in total. The summed E-state index contributed by atoms with van der Waals surface area (Å²) in [4.78, 5) is 19.3. The van der Waals surface area contributed by atoms with Gasteiger partial charge in [-0.1, -0.05) is 0 Å². The van der Waals surface area contributed by atoms with Gasteiger partial charge in [-0.15, -0.1) is 12.4 Å². The van der Waals surface area contributed by atoms with E-state index in [2.05, 4.69) is 9.98 Å². The molecular formula is C14H19ClF3N3O3. The maximum absolute atomic E-state index is 12.9. The Balaban J connectivity index is 0.00000288. The van der Waals surface area contributed by atoms with Crippen LogP contribution in [0.4, 0.5) is 13.2 Å². The van der Waals surface area contributed by atoms with Gasteiger partial charge in [-0.25, -0.2) is 9.78 Å². The molecule has 1 aliphatic heterocycles. The van der Waals surface area contributed by atoms with Crippen LogP contribution in [0.2, 0.25) is 0 Å². The molecule has 2 atom stereocenters. The molecule has 0 spiro atoms. The van der Waals surface area contributed by atoms with E-state index in [1.807, 2.05) is 0 Å². The third kappa shape index (κ3) is 5.12. The topological polar surface area (TPSA) is 90.7 Å². The van der Waals surface area contributed by atoms with Crippen LogP contribution in [0.15, 0.2) is 15.7 Å². The summed E-state index contributed by atoms with van der Waals surface area (Å²) in [5, 5.41) is 0. The van der Waals surface area contributed by atoms with Gasteiger partial charge in [-0.3, -0.25) is 4.99 Å². The second kappa shape index (κ2) is 8.36. The van der Waals surface area contributed by atoms with Crippen molar-refractivity contribution < 1.29 is 27.1 Å². The maximum Gasteiger partial charge on any atom is 0.394 e. The molecule has 0 bridgehead atoms. The molecule has 24 heavy (non-hydrogen) atoms. The average Bonchev–Trinajstić information content (AvgIpc) is 3.05. The fourth-order valence-electron chi connectivity index (χ4n) is 2.50. The molecule has 0 saturated carbocycles. The van der Waals surface area contributed by atoms with Gasteiger partial charge in [0.1, 0.15) is 6.26 Å². The van der Waals surface area contributed by atoms with Crippen LogP contribution in [0.5, 0.6) is 0 Å². The number of amidine groups is 1. The fourth-order valence-corrected chi connectivity index (χ4v) is 2.50. The summed E-state index contributed by atoms with van der Waals surface area (Å²) in [5.74, 6) is -1.79. The van der Waals surface area contributed by atoms with Crippen molar-refractivity contribution in [2.45, 2.75) is 44.8 Å². The van der Waals surface area contributed by atoms with E-state index in [1.165, 1.54) is 6.26 Å². The largest absolute Gasteiger partial charge is 0.461 e. The van der Waals surface area contributed by atoms with Crippen LogP contribution < -0.4 is 5.73 Å². The van der Waals surface area contributed by atoms with Gasteiger partial charge in [0.25, 0.3) is 0 Å². The summed E-state index contributed by atoms with van der Waals surface area (Å²) < 4.78 is 48.6. The molecule has 2 rings (SSSR count). The number of alkyl halides is 3. The van der Waals surface area contributed by atoms with E-state index >= 15 is 0 Å². The van der Waals surface area contributed by atoms with E-state index < -0.39 is 24.1 Å². The van der Waals surface area contributed by atoms with Crippen LogP contribution in [0.3, 0.4) is 0 Å². The predicted octanol–water partition coefficient (Wildman–Crippen LogP) is 2.90. The molecule has 0 unspecified atom stereocenters. The van der Waals surface area contributed by atoms with E-state index in [1.54, 1.807) is 6.92 Å². The van der Waals surface area contributed by atoms with Gasteiger partial charge in [-0.2, -0.15) is 13.2 Å². The van der Waals surface area contributed by atoms with Crippen LogP contribution >= 0.6 is 12.4 Å². The second-order valence-electron chi connectivity index (χ2n) is 5.28. The van der Waals surface area contributed by atoms with Crippen LogP contribution in [0.1, 0.15) is 42.6 Å². The smallest absolute Gasteiger partial charge is 0.394 e. The van der Waals surface area contributed by atoms with Gasteiger partial charge in [0.15, 0.2) is 11.6 Å². The zero-order valence-electron chi connectivity index (χ0n) is 13.0. The Kier molecular flexibility index (Phi) is 7.07. The van der Waals surface area contributed by atoms with Crippen molar-refractivity contribution in [1.29, 1.82) is 0 Å². The quantitative estimate of drug-likeness (QED) is 0.778. The van der Waals surface area contributed by atoms with Gasteiger partial charge in [0.2, 0.25) is 0 Å². The van der Waals surface area contributed by atoms with Gasteiger partial charge in [0, 0.05) is 12.8 Å². The van der Waals surface area contributed by atoms with Crippen molar-refractivity contribution >= 4 is 24.2 Å². The number of carbonyl (C=O) groups excluding carboxylic acids is 1. The lowest BCUT2D eigenvalue weighted by atomic mass is 9.94. The van der Waals surface area contributed by atoms with Crippen LogP contribution in [0.25, 0.3) is 0 Å². The van der Waals surface area contributed by atoms with Crippen molar-refractivity contribution in [3.63, 3.8) is 0 Å². The first kappa shape index (κ1) is 20.3. The maximum atomic E-state index is 12.9. The highest BCUT2D eigenvalue weighted by Gasteiger charge is 2.47. The van der Waals surface area contributed by atoms with Crippen molar-refractivity contribution in [1.82, 2.24) is 4.98 Å². The molecule has 2 N–H and O–H groups in total. The highest BCUT2D eigenvalue weighted by molar-refractivity contribution is 5.86. The monoisotopic (exact) mass is 369 g/mol. The molecule has 0 radical (unpaired) electrons. The fraction of sp³-hybridized carbons (Fsp3) is 0.643. The molecule has 0 aromatic carbocycles. The lowest BCUT2D eigenvalue weighted by Gasteiger charge is -2.20. The number of rotatable bonds is 6. The average molecular weight is 370 g/mol. The van der Waals surface area contributed by atoms with Crippen LogP contribution in [-0.4, -0.2) is 35.6 Å². The van der Waals surface area contributed by atoms with Crippen molar-refractivity contribution in [2.24, 2.45) is 16.6 Å². The molecule has 0 saturated heterocycles. The molecule has 2 heterocycles. The normalized spacial score (nSPS) is 20.4. The number of esters is 1. The summed E-state index contributed by atoms with van der Waals surface area (Å²) in [5.41, 5.74) is 5.48. The number of nitrogens with zero attached hydrogens (tertiary/aromatic N) is 2. The summed E-state index contributed by atoms with van der Waals surface area (Å²) >= 11 is 0. The van der Waals surface area contributed by atoms with E-state index in [-0.39, 0.29) is 49.3 Å². The number of halogens is 4. The molecule has 1 aromatic heterocycles.